The SMILES string of the molecule is Cc1sc(NC(=O)c2cccc(C(F)(F)F)c2)c(-c2nc3ccccc3s2)c1C. The van der Waals surface area contributed by atoms with Crippen molar-refractivity contribution in [1.82, 2.24) is 4.98 Å². The number of rotatable bonds is 3. The number of amides is 1. The van der Waals surface area contributed by atoms with Crippen molar-refractivity contribution >= 4 is 43.8 Å². The fraction of sp³-hybridized carbons (Fsp3) is 0.143. The molecule has 0 spiro atoms. The second-order valence-corrected chi connectivity index (χ2v) is 8.76. The summed E-state index contributed by atoms with van der Waals surface area (Å²) in [7, 11) is 0. The maximum atomic E-state index is 13.0. The fourth-order valence-corrected chi connectivity index (χ4v) is 5.16. The zero-order valence-electron chi connectivity index (χ0n) is 15.4. The molecule has 0 saturated heterocycles. The molecule has 1 amide bonds. The van der Waals surface area contributed by atoms with Crippen molar-refractivity contribution < 1.29 is 18.0 Å². The van der Waals surface area contributed by atoms with E-state index in [1.54, 1.807) is 0 Å². The zero-order valence-corrected chi connectivity index (χ0v) is 17.1. The molecule has 2 aromatic carbocycles. The van der Waals surface area contributed by atoms with Crippen LogP contribution < -0.4 is 5.32 Å². The van der Waals surface area contributed by atoms with Crippen molar-refractivity contribution in [3.63, 3.8) is 0 Å². The molecule has 0 aliphatic carbocycles. The molecule has 0 bridgehead atoms. The summed E-state index contributed by atoms with van der Waals surface area (Å²) >= 11 is 2.91. The van der Waals surface area contributed by atoms with Gasteiger partial charge in [0, 0.05) is 16.0 Å². The average molecular weight is 432 g/mol. The van der Waals surface area contributed by atoms with Gasteiger partial charge in [-0.1, -0.05) is 18.2 Å². The Bertz CT molecular complexity index is 1190. The lowest BCUT2D eigenvalue weighted by Gasteiger charge is -2.09. The number of thiophene rings is 1. The highest BCUT2D eigenvalue weighted by molar-refractivity contribution is 7.22. The monoisotopic (exact) mass is 432 g/mol. The van der Waals surface area contributed by atoms with E-state index in [-0.39, 0.29) is 5.56 Å². The average Bonchev–Trinajstić information content (AvgIpc) is 3.21. The van der Waals surface area contributed by atoms with Crippen LogP contribution in [0.5, 0.6) is 0 Å². The summed E-state index contributed by atoms with van der Waals surface area (Å²) < 4.78 is 39.9. The van der Waals surface area contributed by atoms with Gasteiger partial charge < -0.3 is 5.32 Å². The summed E-state index contributed by atoms with van der Waals surface area (Å²) in [6.45, 7) is 3.89. The van der Waals surface area contributed by atoms with Crippen molar-refractivity contribution in [3.8, 4) is 10.6 Å². The van der Waals surface area contributed by atoms with Crippen LogP contribution >= 0.6 is 22.7 Å². The molecule has 0 aliphatic rings. The summed E-state index contributed by atoms with van der Waals surface area (Å²) in [5.74, 6) is -0.584. The number of hydrogen-bond donors (Lipinski definition) is 1. The molecule has 29 heavy (non-hydrogen) atoms. The zero-order chi connectivity index (χ0) is 20.8. The lowest BCUT2D eigenvalue weighted by molar-refractivity contribution is -0.137. The molecular weight excluding hydrogens is 417 g/mol. The number of alkyl halides is 3. The van der Waals surface area contributed by atoms with Gasteiger partial charge >= 0.3 is 6.18 Å². The summed E-state index contributed by atoms with van der Waals surface area (Å²) in [6, 6.07) is 12.2. The van der Waals surface area contributed by atoms with Crippen LogP contribution in [-0.4, -0.2) is 10.9 Å². The van der Waals surface area contributed by atoms with Crippen LogP contribution in [0.25, 0.3) is 20.8 Å². The minimum Gasteiger partial charge on any atom is -0.313 e. The van der Waals surface area contributed by atoms with Crippen molar-refractivity contribution in [2.45, 2.75) is 20.0 Å². The highest BCUT2D eigenvalue weighted by atomic mass is 32.1. The number of aryl methyl sites for hydroxylation is 1. The number of nitrogens with one attached hydrogen (secondary N) is 1. The first-order chi connectivity index (χ1) is 13.7. The van der Waals surface area contributed by atoms with Crippen LogP contribution in [0.2, 0.25) is 0 Å². The van der Waals surface area contributed by atoms with Gasteiger partial charge in [0.05, 0.1) is 15.8 Å². The standard InChI is InChI=1S/C21H15F3N2OS2/c1-11-12(2)28-20(17(11)19-25-15-8-3-4-9-16(15)29-19)26-18(27)13-6-5-7-14(10-13)21(22,23)24/h3-10H,1-2H3,(H,26,27). The second kappa shape index (κ2) is 7.27. The van der Waals surface area contributed by atoms with Crippen molar-refractivity contribution in [2.24, 2.45) is 0 Å². The van der Waals surface area contributed by atoms with Gasteiger partial charge in [-0.05, 0) is 49.7 Å². The Morgan fingerprint density at radius 2 is 1.79 bits per heavy atom. The van der Waals surface area contributed by atoms with Crippen molar-refractivity contribution in [2.75, 3.05) is 5.32 Å². The predicted octanol–water partition coefficient (Wildman–Crippen LogP) is 6.91. The number of halogens is 3. The van der Waals surface area contributed by atoms with Gasteiger partial charge in [0.15, 0.2) is 0 Å². The molecule has 8 heteroatoms. The summed E-state index contributed by atoms with van der Waals surface area (Å²) in [5.41, 5.74) is 1.78. The molecular formula is C21H15F3N2OS2. The number of benzene rings is 2. The number of anilines is 1. The van der Waals surface area contributed by atoms with E-state index in [0.717, 1.165) is 43.4 Å². The van der Waals surface area contributed by atoms with Crippen LogP contribution in [-0.2, 0) is 6.18 Å². The minimum atomic E-state index is -4.50. The van der Waals surface area contributed by atoms with Crippen molar-refractivity contribution in [1.29, 1.82) is 0 Å². The maximum absolute atomic E-state index is 13.0. The molecule has 0 fully saturated rings. The van der Waals surface area contributed by atoms with Crippen LogP contribution in [0, 0.1) is 13.8 Å². The Labute approximate surface area is 172 Å². The second-order valence-electron chi connectivity index (χ2n) is 6.51. The molecule has 0 saturated carbocycles. The molecule has 2 heterocycles. The third-order valence-corrected chi connectivity index (χ3v) is 6.75. The molecule has 0 radical (unpaired) electrons. The molecule has 1 N–H and O–H groups in total. The number of carbonyl (C=O) groups excluding carboxylic acids is 1. The van der Waals surface area contributed by atoms with Crippen LogP contribution in [0.4, 0.5) is 18.2 Å². The molecule has 2 aromatic heterocycles. The Morgan fingerprint density at radius 3 is 2.52 bits per heavy atom. The number of fused-ring (bicyclic) bond motifs is 1. The number of thiazole rings is 1. The van der Waals surface area contributed by atoms with Gasteiger partial charge in [-0.3, -0.25) is 4.79 Å². The van der Waals surface area contributed by atoms with E-state index in [1.807, 2.05) is 38.1 Å². The maximum Gasteiger partial charge on any atom is 0.416 e. The van der Waals surface area contributed by atoms with Gasteiger partial charge in [0.2, 0.25) is 0 Å². The largest absolute Gasteiger partial charge is 0.416 e. The van der Waals surface area contributed by atoms with Gasteiger partial charge in [-0.15, -0.1) is 22.7 Å². The molecule has 0 unspecified atom stereocenters. The normalized spacial score (nSPS) is 11.8. The molecule has 0 aliphatic heterocycles. The Hall–Kier alpha value is -2.71. The van der Waals surface area contributed by atoms with Crippen LogP contribution in [0.15, 0.2) is 48.5 Å². The Morgan fingerprint density at radius 1 is 1.03 bits per heavy atom. The summed E-state index contributed by atoms with van der Waals surface area (Å²) in [5, 5.41) is 4.14. The van der Waals surface area contributed by atoms with Gasteiger partial charge in [0.25, 0.3) is 5.91 Å². The molecule has 4 rings (SSSR count). The molecule has 148 valence electrons. The van der Waals surface area contributed by atoms with E-state index in [1.165, 1.54) is 34.8 Å². The molecule has 4 aromatic rings. The Kier molecular flexibility index (Phi) is 4.92. The smallest absolute Gasteiger partial charge is 0.313 e. The van der Waals surface area contributed by atoms with Crippen molar-refractivity contribution in [3.05, 3.63) is 70.1 Å². The lowest BCUT2D eigenvalue weighted by atomic mass is 10.1. The lowest BCUT2D eigenvalue weighted by Crippen LogP contribution is -2.13. The van der Waals surface area contributed by atoms with Crippen LogP contribution in [0.1, 0.15) is 26.4 Å². The molecule has 0 atom stereocenters. The predicted molar refractivity (Wildman–Crippen MR) is 112 cm³/mol. The van der Waals surface area contributed by atoms with Gasteiger partial charge in [-0.2, -0.15) is 13.2 Å². The van der Waals surface area contributed by atoms with E-state index in [9.17, 15) is 18.0 Å². The number of aromatic nitrogens is 1. The van der Waals surface area contributed by atoms with E-state index in [0.29, 0.717) is 5.00 Å². The first-order valence-corrected chi connectivity index (χ1v) is 10.3. The molecule has 3 nitrogen and oxygen atoms in total. The van der Waals surface area contributed by atoms with E-state index >= 15 is 0 Å². The number of hydrogen-bond acceptors (Lipinski definition) is 4. The first-order valence-electron chi connectivity index (χ1n) is 8.68. The number of nitrogens with zero attached hydrogens (tertiary/aromatic N) is 1. The fourth-order valence-electron chi connectivity index (χ4n) is 2.96. The quantitative estimate of drug-likeness (QED) is 0.382. The minimum absolute atomic E-state index is 0.0428. The van der Waals surface area contributed by atoms with E-state index < -0.39 is 17.6 Å². The highest BCUT2D eigenvalue weighted by Crippen LogP contribution is 2.43. The van der Waals surface area contributed by atoms with Gasteiger partial charge in [-0.25, -0.2) is 4.98 Å². The van der Waals surface area contributed by atoms with E-state index in [2.05, 4.69) is 10.3 Å². The van der Waals surface area contributed by atoms with E-state index in [4.69, 9.17) is 0 Å². The first kappa shape index (κ1) is 19.6. The number of para-hydroxylation sites is 1. The topological polar surface area (TPSA) is 42.0 Å². The number of carbonyl (C=O) groups is 1. The summed E-state index contributed by atoms with van der Waals surface area (Å²) in [4.78, 5) is 18.4. The third-order valence-electron chi connectivity index (χ3n) is 4.57. The summed E-state index contributed by atoms with van der Waals surface area (Å²) in [6.07, 6.45) is -4.50. The third kappa shape index (κ3) is 3.77. The highest BCUT2D eigenvalue weighted by Gasteiger charge is 2.31. The van der Waals surface area contributed by atoms with Crippen LogP contribution in [0.3, 0.4) is 0 Å². The Balaban J connectivity index is 1.71. The van der Waals surface area contributed by atoms with Gasteiger partial charge in [0.1, 0.15) is 10.0 Å².